The average molecular weight is 491 g/mol. The van der Waals surface area contributed by atoms with Crippen LogP contribution >= 0.6 is 11.8 Å². The van der Waals surface area contributed by atoms with E-state index in [1.54, 1.807) is 35.5 Å². The molecule has 0 aromatic heterocycles. The lowest BCUT2D eigenvalue weighted by atomic mass is 9.78. The molecule has 5 rings (SSSR count). The van der Waals surface area contributed by atoms with E-state index in [9.17, 15) is 19.5 Å². The molecule has 0 aromatic carbocycles. The van der Waals surface area contributed by atoms with Crippen molar-refractivity contribution in [2.75, 3.05) is 66.1 Å². The summed E-state index contributed by atoms with van der Waals surface area (Å²) in [7, 11) is 1.76. The number of rotatable bonds is 5. The molecule has 10 heteroatoms. The predicted molar refractivity (Wildman–Crippen MR) is 128 cm³/mol. The van der Waals surface area contributed by atoms with E-state index in [0.29, 0.717) is 32.8 Å². The molecule has 0 radical (unpaired) electrons. The molecule has 0 saturated carbocycles. The third kappa shape index (κ3) is 3.70. The fraction of sp³-hybridized carbons (Fsp3) is 0.708. The number of morpholine rings is 1. The molecule has 3 saturated heterocycles. The third-order valence-electron chi connectivity index (χ3n) is 7.91. The zero-order valence-electron chi connectivity index (χ0n) is 19.8. The second-order valence-corrected chi connectivity index (χ2v) is 11.4. The highest BCUT2D eigenvalue weighted by Crippen LogP contribution is 2.61. The molecule has 0 aromatic rings. The Bertz CT molecular complexity index is 906. The van der Waals surface area contributed by atoms with E-state index in [1.165, 1.54) is 0 Å². The first-order valence-corrected chi connectivity index (χ1v) is 13.1. The summed E-state index contributed by atoms with van der Waals surface area (Å²) in [6.07, 6.45) is 8.04. The minimum absolute atomic E-state index is 0.0516. The zero-order chi connectivity index (χ0) is 24.0. The molecule has 1 unspecified atom stereocenters. The normalized spacial score (nSPS) is 36.9. The fourth-order valence-corrected chi connectivity index (χ4v) is 8.09. The number of hydrogen-bond acceptors (Lipinski definition) is 7. The highest BCUT2D eigenvalue weighted by Gasteiger charge is 2.71. The van der Waals surface area contributed by atoms with Crippen LogP contribution in [0.2, 0.25) is 0 Å². The van der Waals surface area contributed by atoms with Gasteiger partial charge in [-0.25, -0.2) is 0 Å². The van der Waals surface area contributed by atoms with E-state index in [4.69, 9.17) is 4.74 Å². The molecule has 5 aliphatic heterocycles. The van der Waals surface area contributed by atoms with E-state index >= 15 is 0 Å². The number of fused-ring (bicyclic) bond motifs is 2. The maximum Gasteiger partial charge on any atom is 0.247 e. The van der Waals surface area contributed by atoms with Crippen molar-refractivity contribution < 1.29 is 24.2 Å². The summed E-state index contributed by atoms with van der Waals surface area (Å²) in [5, 5.41) is 9.83. The van der Waals surface area contributed by atoms with E-state index in [2.05, 4.69) is 4.90 Å². The van der Waals surface area contributed by atoms with Crippen molar-refractivity contribution in [2.45, 2.75) is 29.0 Å². The van der Waals surface area contributed by atoms with E-state index in [0.717, 1.165) is 19.6 Å². The van der Waals surface area contributed by atoms with Gasteiger partial charge in [0.2, 0.25) is 17.7 Å². The van der Waals surface area contributed by atoms with Gasteiger partial charge in [0.15, 0.2) is 0 Å². The van der Waals surface area contributed by atoms with Crippen LogP contribution in [0.1, 0.15) is 6.92 Å². The number of thioether (sulfide) groups is 1. The number of aliphatic hydroxyl groups excluding tert-OH is 1. The topological polar surface area (TPSA) is 93.6 Å². The minimum Gasteiger partial charge on any atom is -0.394 e. The average Bonchev–Trinajstić information content (AvgIpc) is 3.18. The van der Waals surface area contributed by atoms with Gasteiger partial charge in [-0.15, -0.1) is 11.8 Å². The van der Waals surface area contributed by atoms with Crippen molar-refractivity contribution in [3.63, 3.8) is 0 Å². The number of likely N-dealkylation sites (tertiary alicyclic amines) is 1. The van der Waals surface area contributed by atoms with Gasteiger partial charge in [-0.1, -0.05) is 24.3 Å². The quantitative estimate of drug-likeness (QED) is 0.516. The lowest BCUT2D eigenvalue weighted by Gasteiger charge is -2.38. The number of nitrogens with zero attached hydrogens (tertiary/aromatic N) is 4. The summed E-state index contributed by atoms with van der Waals surface area (Å²) in [6.45, 7) is 6.95. The third-order valence-corrected chi connectivity index (χ3v) is 9.65. The largest absolute Gasteiger partial charge is 0.394 e. The van der Waals surface area contributed by atoms with Crippen molar-refractivity contribution in [3.05, 3.63) is 24.3 Å². The maximum absolute atomic E-state index is 14.1. The Morgan fingerprint density at radius 1 is 1.12 bits per heavy atom. The monoisotopic (exact) mass is 490 g/mol. The van der Waals surface area contributed by atoms with Crippen molar-refractivity contribution in [2.24, 2.45) is 11.8 Å². The van der Waals surface area contributed by atoms with Crippen LogP contribution < -0.4 is 0 Å². The molecule has 1 spiro atoms. The second-order valence-electron chi connectivity index (χ2n) is 9.91. The van der Waals surface area contributed by atoms with Crippen LogP contribution in [0.3, 0.4) is 0 Å². The van der Waals surface area contributed by atoms with Crippen LogP contribution in [0.15, 0.2) is 24.3 Å². The zero-order valence-corrected chi connectivity index (χ0v) is 20.7. The van der Waals surface area contributed by atoms with Gasteiger partial charge in [0.1, 0.15) is 6.04 Å². The molecule has 34 heavy (non-hydrogen) atoms. The Labute approximate surface area is 204 Å². The first kappa shape index (κ1) is 23.8. The molecule has 6 atom stereocenters. The number of ether oxygens (including phenoxy) is 1. The molecule has 5 heterocycles. The number of likely N-dealkylation sites (N-methyl/N-ethyl adjacent to an activating group) is 1. The number of hydrogen-bond donors (Lipinski definition) is 1. The predicted octanol–water partition coefficient (Wildman–Crippen LogP) is -0.577. The van der Waals surface area contributed by atoms with Crippen LogP contribution in [0.5, 0.6) is 0 Å². The molecular weight excluding hydrogens is 456 g/mol. The standard InChI is InChI=1S/C24H34N4O5S/c1-16(15-29)28-20-23(32)27(10-9-26-11-13-33-14-12-26)8-4-6-24(20)19(22(28)31)18-17(34-24)5-3-7-25(2)21(18)30/h3-6,16-20,29H,7-15H2,1-2H3/t16-,17-,18+,19+,20?,24+/m1/s1. The number of amides is 3. The maximum atomic E-state index is 14.1. The van der Waals surface area contributed by atoms with Gasteiger partial charge in [-0.05, 0) is 6.92 Å². The summed E-state index contributed by atoms with van der Waals surface area (Å²) < 4.78 is 4.61. The molecule has 3 fully saturated rings. The molecule has 0 aliphatic carbocycles. The second kappa shape index (κ2) is 9.29. The van der Waals surface area contributed by atoms with Crippen LogP contribution in [-0.2, 0) is 19.1 Å². The van der Waals surface area contributed by atoms with Crippen molar-refractivity contribution in [1.29, 1.82) is 0 Å². The SMILES string of the molecule is C[C@H](CO)N1C(=O)[C@@H]2[C@H]3C(=O)N(C)CC=C[C@H]3S[C@@]23C=CCN(CCN2CCOCC2)C(=O)C13. The Hall–Kier alpha value is -1.88. The lowest BCUT2D eigenvalue weighted by molar-refractivity contribution is -0.146. The number of aliphatic hydroxyl groups is 1. The summed E-state index contributed by atoms with van der Waals surface area (Å²) in [4.78, 5) is 48.7. The highest BCUT2D eigenvalue weighted by molar-refractivity contribution is 8.02. The van der Waals surface area contributed by atoms with Gasteiger partial charge in [-0.3, -0.25) is 19.3 Å². The number of carbonyl (C=O) groups excluding carboxylic acids is 3. The van der Waals surface area contributed by atoms with Gasteiger partial charge < -0.3 is 24.5 Å². The molecule has 186 valence electrons. The Morgan fingerprint density at radius 3 is 2.62 bits per heavy atom. The van der Waals surface area contributed by atoms with Crippen LogP contribution in [-0.4, -0.2) is 131 Å². The number of carbonyl (C=O) groups is 3. The van der Waals surface area contributed by atoms with Crippen molar-refractivity contribution >= 4 is 29.5 Å². The van der Waals surface area contributed by atoms with E-state index in [-0.39, 0.29) is 29.6 Å². The van der Waals surface area contributed by atoms with Gasteiger partial charge in [0.25, 0.3) is 0 Å². The van der Waals surface area contributed by atoms with Gasteiger partial charge >= 0.3 is 0 Å². The summed E-state index contributed by atoms with van der Waals surface area (Å²) in [5.41, 5.74) is 0. The molecule has 9 nitrogen and oxygen atoms in total. The minimum atomic E-state index is -0.821. The summed E-state index contributed by atoms with van der Waals surface area (Å²) in [5.74, 6) is -1.49. The van der Waals surface area contributed by atoms with Gasteiger partial charge in [0.05, 0.1) is 42.4 Å². The first-order valence-electron chi connectivity index (χ1n) is 12.2. The smallest absolute Gasteiger partial charge is 0.247 e. The van der Waals surface area contributed by atoms with E-state index in [1.807, 2.05) is 29.2 Å². The Balaban J connectivity index is 1.49. The summed E-state index contributed by atoms with van der Waals surface area (Å²) in [6, 6.07) is -1.25. The fourth-order valence-electron chi connectivity index (χ4n) is 6.10. The van der Waals surface area contributed by atoms with Crippen molar-refractivity contribution in [1.82, 2.24) is 19.6 Å². The Morgan fingerprint density at radius 2 is 1.88 bits per heavy atom. The van der Waals surface area contributed by atoms with Crippen LogP contribution in [0.25, 0.3) is 0 Å². The van der Waals surface area contributed by atoms with Gasteiger partial charge in [-0.2, -0.15) is 0 Å². The van der Waals surface area contributed by atoms with Crippen molar-refractivity contribution in [3.8, 4) is 0 Å². The lowest BCUT2D eigenvalue weighted by Crippen LogP contribution is -2.56. The molecule has 5 aliphatic rings. The molecular formula is C24H34N4O5S. The highest BCUT2D eigenvalue weighted by atomic mass is 32.2. The van der Waals surface area contributed by atoms with Crippen LogP contribution in [0, 0.1) is 11.8 Å². The Kier molecular flexibility index (Phi) is 6.52. The van der Waals surface area contributed by atoms with Crippen LogP contribution in [0.4, 0.5) is 0 Å². The first-order chi connectivity index (χ1) is 16.4. The molecule has 3 amide bonds. The van der Waals surface area contributed by atoms with E-state index < -0.39 is 28.7 Å². The molecule has 1 N–H and O–H groups in total. The van der Waals surface area contributed by atoms with Gasteiger partial charge in [0, 0.05) is 51.6 Å². The molecule has 0 bridgehead atoms. The summed E-state index contributed by atoms with van der Waals surface area (Å²) >= 11 is 1.58.